The summed E-state index contributed by atoms with van der Waals surface area (Å²) in [6, 6.07) is 3.80. The first-order valence-corrected chi connectivity index (χ1v) is 6.86. The van der Waals surface area contributed by atoms with Gasteiger partial charge in [0, 0.05) is 12.2 Å². The molecule has 0 radical (unpaired) electrons. The molecule has 3 N–H and O–H groups in total. The van der Waals surface area contributed by atoms with Gasteiger partial charge in [-0.15, -0.1) is 0 Å². The normalized spacial score (nSPS) is 10.2. The van der Waals surface area contributed by atoms with E-state index < -0.39 is 5.82 Å². The standard InChI is InChI=1S/C12H17FN2OS/c1-17-7-3-2-6-15-12(16)10-8-9(13)4-5-11(10)14/h4-5,8H,2-3,6-7,14H2,1H3,(H,15,16). The summed E-state index contributed by atoms with van der Waals surface area (Å²) in [6.07, 6.45) is 4.02. The largest absolute Gasteiger partial charge is 0.398 e. The zero-order valence-corrected chi connectivity index (χ0v) is 10.6. The van der Waals surface area contributed by atoms with Gasteiger partial charge in [-0.1, -0.05) is 0 Å². The van der Waals surface area contributed by atoms with E-state index in [0.29, 0.717) is 12.2 Å². The maximum Gasteiger partial charge on any atom is 0.253 e. The van der Waals surface area contributed by atoms with E-state index in [1.165, 1.54) is 12.1 Å². The molecule has 0 aliphatic heterocycles. The minimum atomic E-state index is -0.452. The van der Waals surface area contributed by atoms with Gasteiger partial charge in [-0.3, -0.25) is 4.79 Å². The molecule has 1 aromatic rings. The molecule has 0 unspecified atom stereocenters. The lowest BCUT2D eigenvalue weighted by atomic mass is 10.1. The predicted octanol–water partition coefficient (Wildman–Crippen LogP) is 2.28. The first-order valence-electron chi connectivity index (χ1n) is 5.47. The van der Waals surface area contributed by atoms with Gasteiger partial charge in [-0.2, -0.15) is 11.8 Å². The van der Waals surface area contributed by atoms with Crippen LogP contribution in [-0.4, -0.2) is 24.5 Å². The molecular formula is C12H17FN2OS. The summed E-state index contributed by atoms with van der Waals surface area (Å²) in [5, 5.41) is 2.73. The van der Waals surface area contributed by atoms with Crippen LogP contribution in [0.5, 0.6) is 0 Å². The summed E-state index contributed by atoms with van der Waals surface area (Å²) in [4.78, 5) is 11.7. The highest BCUT2D eigenvalue weighted by molar-refractivity contribution is 7.98. The number of nitrogens with two attached hydrogens (primary N) is 1. The number of benzene rings is 1. The zero-order valence-electron chi connectivity index (χ0n) is 9.83. The van der Waals surface area contributed by atoms with Crippen molar-refractivity contribution in [3.05, 3.63) is 29.6 Å². The van der Waals surface area contributed by atoms with Crippen molar-refractivity contribution in [1.82, 2.24) is 5.32 Å². The molecule has 17 heavy (non-hydrogen) atoms. The third-order valence-electron chi connectivity index (χ3n) is 2.32. The minimum Gasteiger partial charge on any atom is -0.398 e. The molecule has 0 atom stereocenters. The number of amides is 1. The molecule has 1 rings (SSSR count). The first kappa shape index (κ1) is 13.8. The fourth-order valence-electron chi connectivity index (χ4n) is 1.39. The van der Waals surface area contributed by atoms with Crippen LogP contribution < -0.4 is 11.1 Å². The van der Waals surface area contributed by atoms with Gasteiger partial charge in [-0.25, -0.2) is 4.39 Å². The number of nitrogen functional groups attached to an aromatic ring is 1. The van der Waals surface area contributed by atoms with Crippen LogP contribution in [0.4, 0.5) is 10.1 Å². The monoisotopic (exact) mass is 256 g/mol. The van der Waals surface area contributed by atoms with Crippen LogP contribution in [-0.2, 0) is 0 Å². The van der Waals surface area contributed by atoms with Crippen LogP contribution in [0, 0.1) is 5.82 Å². The second-order valence-electron chi connectivity index (χ2n) is 3.69. The van der Waals surface area contributed by atoms with Gasteiger partial charge in [-0.05, 0) is 43.0 Å². The Morgan fingerprint density at radius 3 is 2.94 bits per heavy atom. The third-order valence-corrected chi connectivity index (χ3v) is 3.02. The average Bonchev–Trinajstić information content (AvgIpc) is 2.32. The fraction of sp³-hybridized carbons (Fsp3) is 0.417. The SMILES string of the molecule is CSCCCCNC(=O)c1cc(F)ccc1N. The molecule has 94 valence electrons. The number of carbonyl (C=O) groups is 1. The van der Waals surface area contributed by atoms with Crippen molar-refractivity contribution < 1.29 is 9.18 Å². The molecule has 0 bridgehead atoms. The van der Waals surface area contributed by atoms with Gasteiger partial charge in [0.2, 0.25) is 0 Å². The third kappa shape index (κ3) is 4.65. The molecule has 3 nitrogen and oxygen atoms in total. The number of thioether (sulfide) groups is 1. The van der Waals surface area contributed by atoms with Crippen molar-refractivity contribution in [2.24, 2.45) is 0 Å². The van der Waals surface area contributed by atoms with Gasteiger partial charge in [0.05, 0.1) is 5.56 Å². The van der Waals surface area contributed by atoms with Crippen molar-refractivity contribution in [1.29, 1.82) is 0 Å². The van der Waals surface area contributed by atoms with E-state index in [4.69, 9.17) is 5.73 Å². The van der Waals surface area contributed by atoms with E-state index in [2.05, 4.69) is 5.32 Å². The summed E-state index contributed by atoms with van der Waals surface area (Å²) in [5.41, 5.74) is 6.11. The van der Waals surface area contributed by atoms with Gasteiger partial charge in [0.1, 0.15) is 5.82 Å². The molecule has 0 saturated carbocycles. The van der Waals surface area contributed by atoms with Crippen LogP contribution in [0.2, 0.25) is 0 Å². The lowest BCUT2D eigenvalue weighted by Gasteiger charge is -2.07. The second-order valence-corrected chi connectivity index (χ2v) is 4.67. The number of hydrogen-bond donors (Lipinski definition) is 2. The average molecular weight is 256 g/mol. The summed E-state index contributed by atoms with van der Waals surface area (Å²) >= 11 is 1.78. The van der Waals surface area contributed by atoms with Gasteiger partial charge < -0.3 is 11.1 Å². The number of halogens is 1. The van der Waals surface area contributed by atoms with Crippen LogP contribution in [0.3, 0.4) is 0 Å². The van der Waals surface area contributed by atoms with Crippen molar-refractivity contribution in [2.45, 2.75) is 12.8 Å². The Balaban J connectivity index is 2.44. The van der Waals surface area contributed by atoms with Crippen molar-refractivity contribution >= 4 is 23.4 Å². The van der Waals surface area contributed by atoms with Gasteiger partial charge in [0.25, 0.3) is 5.91 Å². The summed E-state index contributed by atoms with van der Waals surface area (Å²) in [5.74, 6) is 0.315. The smallest absolute Gasteiger partial charge is 0.253 e. The number of hydrogen-bond acceptors (Lipinski definition) is 3. The first-order chi connectivity index (χ1) is 8.15. The molecule has 0 aromatic heterocycles. The van der Waals surface area contributed by atoms with E-state index in [1.807, 2.05) is 6.26 Å². The highest BCUT2D eigenvalue weighted by Gasteiger charge is 2.09. The summed E-state index contributed by atoms with van der Waals surface area (Å²) in [6.45, 7) is 0.593. The summed E-state index contributed by atoms with van der Waals surface area (Å²) in [7, 11) is 0. The Kier molecular flexibility index (Phi) is 5.83. The Labute approximate surface area is 105 Å². The molecule has 0 aliphatic carbocycles. The molecule has 1 aromatic carbocycles. The van der Waals surface area contributed by atoms with E-state index in [9.17, 15) is 9.18 Å². The molecule has 0 saturated heterocycles. The molecule has 0 heterocycles. The number of anilines is 1. The zero-order chi connectivity index (χ0) is 12.7. The molecular weight excluding hydrogens is 239 g/mol. The van der Waals surface area contributed by atoms with Crippen molar-refractivity contribution in [2.75, 3.05) is 24.3 Å². The van der Waals surface area contributed by atoms with E-state index in [1.54, 1.807) is 11.8 Å². The lowest BCUT2D eigenvalue weighted by Crippen LogP contribution is -2.25. The highest BCUT2D eigenvalue weighted by Crippen LogP contribution is 2.13. The van der Waals surface area contributed by atoms with E-state index in [-0.39, 0.29) is 11.5 Å². The highest BCUT2D eigenvalue weighted by atomic mass is 32.2. The maximum atomic E-state index is 13.0. The van der Waals surface area contributed by atoms with Gasteiger partial charge in [0.15, 0.2) is 0 Å². The Hall–Kier alpha value is -1.23. The fourth-order valence-corrected chi connectivity index (χ4v) is 1.89. The van der Waals surface area contributed by atoms with Crippen molar-refractivity contribution in [3.63, 3.8) is 0 Å². The Morgan fingerprint density at radius 1 is 1.47 bits per heavy atom. The van der Waals surface area contributed by atoms with E-state index >= 15 is 0 Å². The Bertz CT molecular complexity index is 385. The number of unbranched alkanes of at least 4 members (excludes halogenated alkanes) is 1. The maximum absolute atomic E-state index is 13.0. The number of rotatable bonds is 6. The van der Waals surface area contributed by atoms with Gasteiger partial charge >= 0.3 is 0 Å². The minimum absolute atomic E-state index is 0.204. The quantitative estimate of drug-likeness (QED) is 0.606. The molecule has 0 fully saturated rings. The van der Waals surface area contributed by atoms with Crippen molar-refractivity contribution in [3.8, 4) is 0 Å². The topological polar surface area (TPSA) is 55.1 Å². The second kappa shape index (κ2) is 7.17. The lowest BCUT2D eigenvalue weighted by molar-refractivity contribution is 0.0953. The molecule has 1 amide bonds. The summed E-state index contributed by atoms with van der Waals surface area (Å²) < 4.78 is 13.0. The molecule has 0 aliphatic rings. The van der Waals surface area contributed by atoms with Crippen LogP contribution in [0.15, 0.2) is 18.2 Å². The number of nitrogens with one attached hydrogen (secondary N) is 1. The van der Waals surface area contributed by atoms with E-state index in [0.717, 1.165) is 24.7 Å². The molecule has 5 heteroatoms. The molecule has 0 spiro atoms. The predicted molar refractivity (Wildman–Crippen MR) is 70.8 cm³/mol. The van der Waals surface area contributed by atoms with Crippen LogP contribution in [0.25, 0.3) is 0 Å². The number of carbonyl (C=O) groups excluding carboxylic acids is 1. The van der Waals surface area contributed by atoms with Crippen LogP contribution >= 0.6 is 11.8 Å². The Morgan fingerprint density at radius 2 is 2.24 bits per heavy atom. The van der Waals surface area contributed by atoms with Crippen LogP contribution in [0.1, 0.15) is 23.2 Å².